The Balaban J connectivity index is 1.97. The van der Waals surface area contributed by atoms with Crippen molar-refractivity contribution in [3.8, 4) is 0 Å². The van der Waals surface area contributed by atoms with Gasteiger partial charge in [0, 0.05) is 24.7 Å². The molecule has 2 rings (SSSR count). The summed E-state index contributed by atoms with van der Waals surface area (Å²) in [6.45, 7) is 5.15. The van der Waals surface area contributed by atoms with Gasteiger partial charge in [0.25, 0.3) is 0 Å². The quantitative estimate of drug-likeness (QED) is 0.759. The van der Waals surface area contributed by atoms with Crippen LogP contribution in [0.2, 0.25) is 0 Å². The Hall–Kier alpha value is -1.43. The van der Waals surface area contributed by atoms with Crippen LogP contribution in [-0.4, -0.2) is 25.2 Å². The molecular weight excluding hydrogens is 234 g/mol. The molecule has 0 bridgehead atoms. The van der Waals surface area contributed by atoms with Crippen LogP contribution in [0.5, 0.6) is 0 Å². The second-order valence-electron chi connectivity index (χ2n) is 4.19. The molecule has 0 N–H and O–H groups in total. The van der Waals surface area contributed by atoms with Crippen LogP contribution >= 0.6 is 11.8 Å². The molecule has 2 heterocycles. The topological polar surface area (TPSA) is 56.5 Å². The third-order valence-electron chi connectivity index (χ3n) is 2.13. The van der Waals surface area contributed by atoms with Gasteiger partial charge < -0.3 is 0 Å². The minimum atomic E-state index is 0.538. The van der Waals surface area contributed by atoms with E-state index in [0.29, 0.717) is 5.92 Å². The monoisotopic (exact) mass is 249 g/mol. The largest absolute Gasteiger partial charge is 0.264 e. The van der Waals surface area contributed by atoms with E-state index in [4.69, 9.17) is 0 Å². The number of rotatable bonds is 5. The zero-order valence-corrected chi connectivity index (χ0v) is 10.8. The maximum absolute atomic E-state index is 4.08. The van der Waals surface area contributed by atoms with Crippen molar-refractivity contribution in [1.82, 2.24) is 25.2 Å². The minimum Gasteiger partial charge on any atom is -0.264 e. The van der Waals surface area contributed by atoms with Crippen LogP contribution < -0.4 is 0 Å². The standard InChI is InChI=1S/C11H15N5S/c1-9(2)7-16-11(13-14-15-16)17-8-10-4-3-5-12-6-10/h3-6,9H,7-8H2,1-2H3. The third-order valence-corrected chi connectivity index (χ3v) is 3.16. The maximum Gasteiger partial charge on any atom is 0.209 e. The number of hydrogen-bond acceptors (Lipinski definition) is 5. The van der Waals surface area contributed by atoms with E-state index < -0.39 is 0 Å². The van der Waals surface area contributed by atoms with Crippen molar-refractivity contribution in [3.05, 3.63) is 30.1 Å². The molecule has 5 nitrogen and oxygen atoms in total. The highest BCUT2D eigenvalue weighted by Crippen LogP contribution is 2.19. The van der Waals surface area contributed by atoms with Crippen molar-refractivity contribution in [3.63, 3.8) is 0 Å². The number of hydrogen-bond donors (Lipinski definition) is 0. The minimum absolute atomic E-state index is 0.538. The number of nitrogens with zero attached hydrogens (tertiary/aromatic N) is 5. The summed E-state index contributed by atoms with van der Waals surface area (Å²) < 4.78 is 1.85. The van der Waals surface area contributed by atoms with Gasteiger partial charge in [-0.25, -0.2) is 4.68 Å². The van der Waals surface area contributed by atoms with Crippen LogP contribution in [-0.2, 0) is 12.3 Å². The normalized spacial score (nSPS) is 11.0. The molecule has 90 valence electrons. The highest BCUT2D eigenvalue weighted by atomic mass is 32.2. The number of tetrazole rings is 1. The van der Waals surface area contributed by atoms with Gasteiger partial charge in [0.1, 0.15) is 0 Å². The molecule has 2 aromatic heterocycles. The second kappa shape index (κ2) is 5.77. The number of pyridine rings is 1. The molecule has 0 aromatic carbocycles. The fourth-order valence-electron chi connectivity index (χ4n) is 1.39. The molecule has 0 aliphatic rings. The van der Waals surface area contributed by atoms with Gasteiger partial charge in [-0.1, -0.05) is 31.7 Å². The lowest BCUT2D eigenvalue weighted by atomic mass is 10.2. The van der Waals surface area contributed by atoms with Crippen LogP contribution in [0.15, 0.2) is 29.7 Å². The molecule has 0 unspecified atom stereocenters. The van der Waals surface area contributed by atoms with Crippen LogP contribution in [0.25, 0.3) is 0 Å². The van der Waals surface area contributed by atoms with Gasteiger partial charge in [-0.15, -0.1) is 5.10 Å². The summed E-state index contributed by atoms with van der Waals surface area (Å²) >= 11 is 1.64. The van der Waals surface area contributed by atoms with Crippen molar-refractivity contribution in [2.24, 2.45) is 5.92 Å². The van der Waals surface area contributed by atoms with E-state index in [-0.39, 0.29) is 0 Å². The average molecular weight is 249 g/mol. The highest BCUT2D eigenvalue weighted by molar-refractivity contribution is 7.98. The van der Waals surface area contributed by atoms with E-state index in [9.17, 15) is 0 Å². The molecule has 17 heavy (non-hydrogen) atoms. The molecule has 0 amide bonds. The summed E-state index contributed by atoms with van der Waals surface area (Å²) in [6, 6.07) is 3.99. The summed E-state index contributed by atoms with van der Waals surface area (Å²) in [5.41, 5.74) is 1.18. The summed E-state index contributed by atoms with van der Waals surface area (Å²) in [6.07, 6.45) is 3.64. The Kier molecular flexibility index (Phi) is 4.08. The predicted molar refractivity (Wildman–Crippen MR) is 66.5 cm³/mol. The van der Waals surface area contributed by atoms with Crippen molar-refractivity contribution in [1.29, 1.82) is 0 Å². The number of aromatic nitrogens is 5. The van der Waals surface area contributed by atoms with Crippen LogP contribution in [0.3, 0.4) is 0 Å². The van der Waals surface area contributed by atoms with Crippen molar-refractivity contribution in [2.45, 2.75) is 31.3 Å². The lowest BCUT2D eigenvalue weighted by molar-refractivity contribution is 0.446. The zero-order chi connectivity index (χ0) is 12.1. The van der Waals surface area contributed by atoms with E-state index in [0.717, 1.165) is 17.5 Å². The van der Waals surface area contributed by atoms with Crippen LogP contribution in [0.1, 0.15) is 19.4 Å². The molecule has 2 aromatic rings. The van der Waals surface area contributed by atoms with Crippen molar-refractivity contribution >= 4 is 11.8 Å². The Morgan fingerprint density at radius 1 is 1.41 bits per heavy atom. The molecule has 6 heteroatoms. The van der Waals surface area contributed by atoms with Crippen LogP contribution in [0, 0.1) is 5.92 Å². The van der Waals surface area contributed by atoms with Gasteiger partial charge in [0.05, 0.1) is 0 Å². The van der Waals surface area contributed by atoms with E-state index in [1.54, 1.807) is 18.0 Å². The molecule has 0 fully saturated rings. The van der Waals surface area contributed by atoms with Gasteiger partial charge in [-0.3, -0.25) is 4.98 Å². The summed E-state index contributed by atoms with van der Waals surface area (Å²) in [4.78, 5) is 4.08. The predicted octanol–water partition coefficient (Wildman–Crippen LogP) is 2.02. The van der Waals surface area contributed by atoms with Gasteiger partial charge >= 0.3 is 0 Å². The van der Waals surface area contributed by atoms with Crippen LogP contribution in [0.4, 0.5) is 0 Å². The SMILES string of the molecule is CC(C)Cn1nnnc1SCc1cccnc1. The van der Waals surface area contributed by atoms with Crippen molar-refractivity contribution in [2.75, 3.05) is 0 Å². The van der Waals surface area contributed by atoms with Gasteiger partial charge in [0.15, 0.2) is 0 Å². The zero-order valence-electron chi connectivity index (χ0n) is 9.95. The molecule has 0 saturated heterocycles. The lowest BCUT2D eigenvalue weighted by Crippen LogP contribution is -2.07. The van der Waals surface area contributed by atoms with E-state index in [1.165, 1.54) is 5.56 Å². The molecular formula is C11H15N5S. The van der Waals surface area contributed by atoms with Gasteiger partial charge in [-0.05, 0) is 28.0 Å². The maximum atomic E-state index is 4.08. The molecule has 0 atom stereocenters. The molecule has 0 radical (unpaired) electrons. The molecule has 0 aliphatic heterocycles. The number of thioether (sulfide) groups is 1. The molecule has 0 saturated carbocycles. The highest BCUT2D eigenvalue weighted by Gasteiger charge is 2.08. The first kappa shape index (κ1) is 12.0. The fraction of sp³-hybridized carbons (Fsp3) is 0.455. The Labute approximate surface area is 105 Å². The lowest BCUT2D eigenvalue weighted by Gasteiger charge is -2.06. The summed E-state index contributed by atoms with van der Waals surface area (Å²) in [5.74, 6) is 1.38. The van der Waals surface area contributed by atoms with Gasteiger partial charge in [-0.2, -0.15) is 0 Å². The average Bonchev–Trinajstić information content (AvgIpc) is 2.74. The van der Waals surface area contributed by atoms with E-state index in [1.807, 2.05) is 16.9 Å². The van der Waals surface area contributed by atoms with E-state index in [2.05, 4.69) is 40.4 Å². The third kappa shape index (κ3) is 3.52. The first-order chi connectivity index (χ1) is 8.25. The smallest absolute Gasteiger partial charge is 0.209 e. The first-order valence-electron chi connectivity index (χ1n) is 5.53. The summed E-state index contributed by atoms with van der Waals surface area (Å²) in [5, 5.41) is 12.6. The molecule has 0 spiro atoms. The Morgan fingerprint density at radius 2 is 2.29 bits per heavy atom. The van der Waals surface area contributed by atoms with E-state index >= 15 is 0 Å². The fourth-order valence-corrected chi connectivity index (χ4v) is 2.21. The van der Waals surface area contributed by atoms with Gasteiger partial charge in [0.2, 0.25) is 5.16 Å². The molecule has 0 aliphatic carbocycles. The second-order valence-corrected chi connectivity index (χ2v) is 5.13. The Morgan fingerprint density at radius 3 is 3.00 bits per heavy atom. The Bertz CT molecular complexity index is 454. The summed E-state index contributed by atoms with van der Waals surface area (Å²) in [7, 11) is 0. The first-order valence-corrected chi connectivity index (χ1v) is 6.52. The van der Waals surface area contributed by atoms with Crippen molar-refractivity contribution < 1.29 is 0 Å².